The van der Waals surface area contributed by atoms with Gasteiger partial charge in [-0.2, -0.15) is 0 Å². The molecule has 0 spiro atoms. The molecule has 1 unspecified atom stereocenters. The molecule has 0 radical (unpaired) electrons. The van der Waals surface area contributed by atoms with Crippen LogP contribution in [0.5, 0.6) is 0 Å². The number of thioether (sulfide) groups is 1. The average molecular weight is 342 g/mol. The molecule has 1 aromatic heterocycles. The summed E-state index contributed by atoms with van der Waals surface area (Å²) < 4.78 is 0. The number of hydrogen-bond acceptors (Lipinski definition) is 4. The molecule has 1 fully saturated rings. The van der Waals surface area contributed by atoms with Crippen LogP contribution < -0.4 is 5.32 Å². The Hall–Kier alpha value is -1.27. The van der Waals surface area contributed by atoms with E-state index < -0.39 is 11.5 Å². The van der Waals surface area contributed by atoms with E-state index >= 15 is 0 Å². The molecule has 1 aromatic rings. The van der Waals surface area contributed by atoms with Gasteiger partial charge in [-0.05, 0) is 11.6 Å². The van der Waals surface area contributed by atoms with Gasteiger partial charge >= 0.3 is 0 Å². The van der Waals surface area contributed by atoms with E-state index in [4.69, 9.17) is 11.6 Å². The van der Waals surface area contributed by atoms with Crippen molar-refractivity contribution in [2.24, 2.45) is 5.41 Å². The predicted molar refractivity (Wildman–Crippen MR) is 88.5 cm³/mol. The Bertz CT molecular complexity index is 557. The van der Waals surface area contributed by atoms with Crippen LogP contribution >= 0.6 is 23.4 Å². The van der Waals surface area contributed by atoms with E-state index in [0.717, 1.165) is 5.56 Å². The normalized spacial score (nSPS) is 18.4. The lowest BCUT2D eigenvalue weighted by molar-refractivity contribution is -0.144. The standard InChI is InChI=1S/C15H20ClN3O2S/c1-15(2,3)14(21)19-9-22-8-11(19)13(20)18-7-10-4-5-12(16)17-6-10/h4-6,11H,7-9H2,1-3H3,(H,18,20). The Morgan fingerprint density at radius 3 is 2.77 bits per heavy atom. The van der Waals surface area contributed by atoms with Crippen molar-refractivity contribution in [3.8, 4) is 0 Å². The molecule has 1 aliphatic rings. The number of aromatic nitrogens is 1. The summed E-state index contributed by atoms with van der Waals surface area (Å²) in [6, 6.07) is 3.10. The SMILES string of the molecule is CC(C)(C)C(=O)N1CSCC1C(=O)NCc1ccc(Cl)nc1. The van der Waals surface area contributed by atoms with Crippen molar-refractivity contribution in [3.05, 3.63) is 29.0 Å². The molecule has 0 bridgehead atoms. The fourth-order valence-corrected chi connectivity index (χ4v) is 3.37. The van der Waals surface area contributed by atoms with E-state index in [-0.39, 0.29) is 11.8 Å². The summed E-state index contributed by atoms with van der Waals surface area (Å²) in [4.78, 5) is 30.4. The lowest BCUT2D eigenvalue weighted by atomic mass is 9.94. The number of rotatable bonds is 3. The molecule has 2 rings (SSSR count). The third-order valence-corrected chi connectivity index (χ3v) is 4.58. The summed E-state index contributed by atoms with van der Waals surface area (Å²) >= 11 is 7.33. The molecule has 0 aromatic carbocycles. The smallest absolute Gasteiger partial charge is 0.243 e. The second kappa shape index (κ2) is 6.87. The largest absolute Gasteiger partial charge is 0.350 e. The van der Waals surface area contributed by atoms with Crippen LogP contribution in [0.4, 0.5) is 0 Å². The van der Waals surface area contributed by atoms with E-state index in [1.54, 1.807) is 28.9 Å². The molecule has 1 atom stereocenters. The zero-order valence-electron chi connectivity index (χ0n) is 12.9. The van der Waals surface area contributed by atoms with Crippen LogP contribution in [-0.4, -0.2) is 39.4 Å². The molecule has 0 saturated carbocycles. The number of carbonyl (C=O) groups excluding carboxylic acids is 2. The fraction of sp³-hybridized carbons (Fsp3) is 0.533. The lowest BCUT2D eigenvalue weighted by Crippen LogP contribution is -2.50. The van der Waals surface area contributed by atoms with Crippen molar-refractivity contribution >= 4 is 35.2 Å². The zero-order valence-corrected chi connectivity index (χ0v) is 14.5. The summed E-state index contributed by atoms with van der Waals surface area (Å²) in [6.07, 6.45) is 1.63. The highest BCUT2D eigenvalue weighted by Gasteiger charge is 2.38. The predicted octanol–water partition coefficient (Wildman–Crippen LogP) is 2.30. The number of amides is 2. The first-order valence-electron chi connectivity index (χ1n) is 7.06. The second-order valence-corrected chi connectivity index (χ2v) is 7.63. The number of nitrogens with zero attached hydrogens (tertiary/aromatic N) is 2. The Kier molecular flexibility index (Phi) is 5.34. The summed E-state index contributed by atoms with van der Waals surface area (Å²) in [6.45, 7) is 5.98. The van der Waals surface area contributed by atoms with Gasteiger partial charge in [0, 0.05) is 23.9 Å². The highest BCUT2D eigenvalue weighted by atomic mass is 35.5. The average Bonchev–Trinajstić information content (AvgIpc) is 2.93. The van der Waals surface area contributed by atoms with Crippen LogP contribution in [0.3, 0.4) is 0 Å². The molecule has 5 nitrogen and oxygen atoms in total. The van der Waals surface area contributed by atoms with Crippen LogP contribution in [0.25, 0.3) is 0 Å². The van der Waals surface area contributed by atoms with Crippen molar-refractivity contribution in [3.63, 3.8) is 0 Å². The summed E-state index contributed by atoms with van der Waals surface area (Å²) in [5, 5.41) is 3.29. The molecule has 2 amide bonds. The summed E-state index contributed by atoms with van der Waals surface area (Å²) in [5.74, 6) is 1.08. The van der Waals surface area contributed by atoms with E-state index in [0.29, 0.717) is 23.3 Å². The van der Waals surface area contributed by atoms with Gasteiger partial charge in [-0.1, -0.05) is 38.4 Å². The highest BCUT2D eigenvalue weighted by Crippen LogP contribution is 2.27. The minimum Gasteiger partial charge on any atom is -0.350 e. The van der Waals surface area contributed by atoms with E-state index in [9.17, 15) is 9.59 Å². The third-order valence-electron chi connectivity index (χ3n) is 3.34. The number of carbonyl (C=O) groups is 2. The van der Waals surface area contributed by atoms with Gasteiger partial charge in [0.15, 0.2) is 0 Å². The first-order valence-corrected chi connectivity index (χ1v) is 8.59. The number of hydrogen-bond donors (Lipinski definition) is 1. The van der Waals surface area contributed by atoms with Crippen LogP contribution in [0, 0.1) is 5.41 Å². The Labute approximate surface area is 139 Å². The molecule has 7 heteroatoms. The van der Waals surface area contributed by atoms with Gasteiger partial charge in [0.1, 0.15) is 11.2 Å². The molecule has 1 N–H and O–H groups in total. The van der Waals surface area contributed by atoms with Crippen LogP contribution in [-0.2, 0) is 16.1 Å². The van der Waals surface area contributed by atoms with E-state index in [2.05, 4.69) is 10.3 Å². The maximum Gasteiger partial charge on any atom is 0.243 e. The van der Waals surface area contributed by atoms with Crippen LogP contribution in [0.15, 0.2) is 18.3 Å². The first-order chi connectivity index (χ1) is 10.3. The summed E-state index contributed by atoms with van der Waals surface area (Å²) in [5.41, 5.74) is 0.390. The third kappa shape index (κ3) is 4.14. The quantitative estimate of drug-likeness (QED) is 0.857. The van der Waals surface area contributed by atoms with Gasteiger partial charge in [-0.3, -0.25) is 9.59 Å². The van der Waals surface area contributed by atoms with E-state index in [1.807, 2.05) is 26.8 Å². The first kappa shape index (κ1) is 17.1. The fourth-order valence-electron chi connectivity index (χ4n) is 2.11. The maximum atomic E-state index is 12.4. The molecule has 120 valence electrons. The topological polar surface area (TPSA) is 62.3 Å². The maximum absolute atomic E-state index is 12.4. The van der Waals surface area contributed by atoms with Gasteiger partial charge in [-0.15, -0.1) is 11.8 Å². The molecular formula is C15H20ClN3O2S. The minimum absolute atomic E-state index is 0.00538. The van der Waals surface area contributed by atoms with E-state index in [1.165, 1.54) is 0 Å². The number of pyridine rings is 1. The Morgan fingerprint density at radius 1 is 1.45 bits per heavy atom. The van der Waals surface area contributed by atoms with Gasteiger partial charge < -0.3 is 10.2 Å². The Balaban J connectivity index is 1.96. The van der Waals surface area contributed by atoms with Gasteiger partial charge in [0.25, 0.3) is 0 Å². The van der Waals surface area contributed by atoms with Crippen molar-refractivity contribution in [1.82, 2.24) is 15.2 Å². The highest BCUT2D eigenvalue weighted by molar-refractivity contribution is 7.99. The van der Waals surface area contributed by atoms with Crippen molar-refractivity contribution in [1.29, 1.82) is 0 Å². The Morgan fingerprint density at radius 2 is 2.18 bits per heavy atom. The molecule has 1 aliphatic heterocycles. The molecular weight excluding hydrogens is 322 g/mol. The lowest BCUT2D eigenvalue weighted by Gasteiger charge is -2.29. The minimum atomic E-state index is -0.483. The van der Waals surface area contributed by atoms with Crippen LogP contribution in [0.2, 0.25) is 5.15 Å². The molecule has 1 saturated heterocycles. The van der Waals surface area contributed by atoms with Gasteiger partial charge in [0.05, 0.1) is 5.88 Å². The zero-order chi connectivity index (χ0) is 16.3. The van der Waals surface area contributed by atoms with Crippen LogP contribution in [0.1, 0.15) is 26.3 Å². The molecule has 0 aliphatic carbocycles. The van der Waals surface area contributed by atoms with Gasteiger partial charge in [0.2, 0.25) is 11.8 Å². The molecule has 22 heavy (non-hydrogen) atoms. The second-order valence-electron chi connectivity index (χ2n) is 6.25. The van der Waals surface area contributed by atoms with Crippen molar-refractivity contribution in [2.45, 2.75) is 33.4 Å². The number of halogens is 1. The molecule has 2 heterocycles. The van der Waals surface area contributed by atoms with Gasteiger partial charge in [-0.25, -0.2) is 4.98 Å². The monoisotopic (exact) mass is 341 g/mol. The summed E-state index contributed by atoms with van der Waals surface area (Å²) in [7, 11) is 0. The number of nitrogens with one attached hydrogen (secondary N) is 1. The van der Waals surface area contributed by atoms with Crippen molar-refractivity contribution < 1.29 is 9.59 Å². The van der Waals surface area contributed by atoms with Crippen molar-refractivity contribution in [2.75, 3.05) is 11.6 Å².